The van der Waals surface area contributed by atoms with Crippen LogP contribution in [0.5, 0.6) is 0 Å². The number of nitriles is 1. The number of halogens is 1. The Labute approximate surface area is 129 Å². The lowest BCUT2D eigenvalue weighted by Crippen LogP contribution is -2.07. The highest BCUT2D eigenvalue weighted by atomic mass is 35.5. The van der Waals surface area contributed by atoms with E-state index in [1.54, 1.807) is 18.2 Å². The highest BCUT2D eigenvalue weighted by Gasteiger charge is 2.09. The molecule has 0 aliphatic rings. The lowest BCUT2D eigenvalue weighted by molar-refractivity contribution is 0.960. The van der Waals surface area contributed by atoms with E-state index in [-0.39, 0.29) is 0 Å². The van der Waals surface area contributed by atoms with Gasteiger partial charge in [-0.3, -0.25) is 0 Å². The Hall–Kier alpha value is -2.32. The number of hydrogen-bond acceptors (Lipinski definition) is 5. The molecule has 0 aliphatic heterocycles. The number of benzene rings is 1. The van der Waals surface area contributed by atoms with Crippen molar-refractivity contribution in [2.75, 3.05) is 17.2 Å². The predicted octanol–water partition coefficient (Wildman–Crippen LogP) is 3.88. The molecule has 1 aromatic carbocycles. The second-order valence-electron chi connectivity index (χ2n) is 4.55. The van der Waals surface area contributed by atoms with E-state index in [9.17, 15) is 0 Å². The molecule has 0 atom stereocenters. The van der Waals surface area contributed by atoms with E-state index in [0.717, 1.165) is 24.3 Å². The summed E-state index contributed by atoms with van der Waals surface area (Å²) in [6.45, 7) is 4.86. The number of hydrogen-bond donors (Lipinski definition) is 2. The Balaban J connectivity index is 2.32. The van der Waals surface area contributed by atoms with Crippen LogP contribution >= 0.6 is 11.6 Å². The predicted molar refractivity (Wildman–Crippen MR) is 85.0 cm³/mol. The smallest absolute Gasteiger partial charge is 0.138 e. The standard InChI is InChI=1S/C15H16ClN5/c1-3-6-18-14-10(2)15(20-9-19-14)21-13-7-12(16)5-4-11(13)8-17/h4-5,7,9H,3,6H2,1-2H3,(H2,18,19,20,21). The maximum absolute atomic E-state index is 9.15. The topological polar surface area (TPSA) is 73.6 Å². The summed E-state index contributed by atoms with van der Waals surface area (Å²) in [5, 5.41) is 16.1. The number of aromatic nitrogens is 2. The largest absolute Gasteiger partial charge is 0.370 e. The molecule has 2 aromatic rings. The molecular weight excluding hydrogens is 286 g/mol. The number of nitrogens with one attached hydrogen (secondary N) is 2. The van der Waals surface area contributed by atoms with Crippen molar-refractivity contribution in [3.8, 4) is 6.07 Å². The van der Waals surface area contributed by atoms with Crippen LogP contribution in [0, 0.1) is 18.3 Å². The van der Waals surface area contributed by atoms with E-state index in [1.165, 1.54) is 6.33 Å². The van der Waals surface area contributed by atoms with Crippen LogP contribution in [0.15, 0.2) is 24.5 Å². The van der Waals surface area contributed by atoms with Crippen molar-refractivity contribution in [1.82, 2.24) is 9.97 Å². The van der Waals surface area contributed by atoms with Crippen molar-refractivity contribution < 1.29 is 0 Å². The summed E-state index contributed by atoms with van der Waals surface area (Å²) < 4.78 is 0. The fraction of sp³-hybridized carbons (Fsp3) is 0.267. The van der Waals surface area contributed by atoms with Gasteiger partial charge in [0, 0.05) is 17.1 Å². The van der Waals surface area contributed by atoms with Crippen molar-refractivity contribution in [2.45, 2.75) is 20.3 Å². The van der Waals surface area contributed by atoms with Gasteiger partial charge in [-0.2, -0.15) is 5.26 Å². The summed E-state index contributed by atoms with van der Waals surface area (Å²) in [6, 6.07) is 7.21. The molecule has 0 spiro atoms. The molecule has 0 fully saturated rings. The van der Waals surface area contributed by atoms with Crippen LogP contribution in [0.3, 0.4) is 0 Å². The van der Waals surface area contributed by atoms with Crippen LogP contribution in [0.4, 0.5) is 17.3 Å². The molecule has 0 saturated carbocycles. The highest BCUT2D eigenvalue weighted by Crippen LogP contribution is 2.26. The third-order valence-electron chi connectivity index (χ3n) is 2.98. The maximum Gasteiger partial charge on any atom is 0.138 e. The molecule has 1 aromatic heterocycles. The minimum atomic E-state index is 0.514. The van der Waals surface area contributed by atoms with Crippen LogP contribution in [-0.2, 0) is 0 Å². The van der Waals surface area contributed by atoms with E-state index in [4.69, 9.17) is 16.9 Å². The van der Waals surface area contributed by atoms with E-state index in [2.05, 4.69) is 33.6 Å². The molecule has 6 heteroatoms. The molecule has 0 aliphatic carbocycles. The third kappa shape index (κ3) is 3.61. The summed E-state index contributed by atoms with van der Waals surface area (Å²) in [4.78, 5) is 8.46. The van der Waals surface area contributed by atoms with E-state index >= 15 is 0 Å². The van der Waals surface area contributed by atoms with Gasteiger partial charge in [0.05, 0.1) is 11.3 Å². The molecule has 1 heterocycles. The molecule has 0 saturated heterocycles. The van der Waals surface area contributed by atoms with Gasteiger partial charge < -0.3 is 10.6 Å². The molecular formula is C15H16ClN5. The van der Waals surface area contributed by atoms with E-state index < -0.39 is 0 Å². The molecule has 0 amide bonds. The van der Waals surface area contributed by atoms with Crippen LogP contribution < -0.4 is 10.6 Å². The Morgan fingerprint density at radius 2 is 2.05 bits per heavy atom. The van der Waals surface area contributed by atoms with Crippen molar-refractivity contribution in [1.29, 1.82) is 5.26 Å². The monoisotopic (exact) mass is 301 g/mol. The molecule has 21 heavy (non-hydrogen) atoms. The maximum atomic E-state index is 9.15. The highest BCUT2D eigenvalue weighted by molar-refractivity contribution is 6.30. The van der Waals surface area contributed by atoms with Gasteiger partial charge in [-0.05, 0) is 31.5 Å². The van der Waals surface area contributed by atoms with Gasteiger partial charge in [-0.15, -0.1) is 0 Å². The van der Waals surface area contributed by atoms with Gasteiger partial charge >= 0.3 is 0 Å². The molecule has 5 nitrogen and oxygen atoms in total. The van der Waals surface area contributed by atoms with Gasteiger partial charge in [0.15, 0.2) is 0 Å². The summed E-state index contributed by atoms with van der Waals surface area (Å²) in [6.07, 6.45) is 2.50. The first-order valence-corrected chi connectivity index (χ1v) is 7.05. The number of nitrogens with zero attached hydrogens (tertiary/aromatic N) is 3. The third-order valence-corrected chi connectivity index (χ3v) is 3.22. The zero-order chi connectivity index (χ0) is 15.2. The fourth-order valence-corrected chi connectivity index (χ4v) is 2.01. The second kappa shape index (κ2) is 6.91. The van der Waals surface area contributed by atoms with Crippen molar-refractivity contribution in [3.05, 3.63) is 40.7 Å². The summed E-state index contributed by atoms with van der Waals surface area (Å²) >= 11 is 5.99. The lowest BCUT2D eigenvalue weighted by Gasteiger charge is -2.13. The first-order chi connectivity index (χ1) is 10.2. The normalized spacial score (nSPS) is 10.0. The van der Waals surface area contributed by atoms with Gasteiger partial charge in [-0.25, -0.2) is 9.97 Å². The fourth-order valence-electron chi connectivity index (χ4n) is 1.84. The van der Waals surface area contributed by atoms with Crippen molar-refractivity contribution in [2.24, 2.45) is 0 Å². The van der Waals surface area contributed by atoms with Crippen molar-refractivity contribution >= 4 is 28.9 Å². The molecule has 0 unspecified atom stereocenters. The lowest BCUT2D eigenvalue weighted by atomic mass is 10.2. The molecule has 0 bridgehead atoms. The first-order valence-electron chi connectivity index (χ1n) is 6.67. The van der Waals surface area contributed by atoms with Gasteiger partial charge in [-0.1, -0.05) is 18.5 Å². The van der Waals surface area contributed by atoms with E-state index in [0.29, 0.717) is 22.1 Å². The van der Waals surface area contributed by atoms with Gasteiger partial charge in [0.1, 0.15) is 24.0 Å². The second-order valence-corrected chi connectivity index (χ2v) is 4.99. The molecule has 2 rings (SSSR count). The SMILES string of the molecule is CCCNc1ncnc(Nc2cc(Cl)ccc2C#N)c1C. The van der Waals surface area contributed by atoms with Crippen LogP contribution in [-0.4, -0.2) is 16.5 Å². The van der Waals surface area contributed by atoms with E-state index in [1.807, 2.05) is 6.92 Å². The number of anilines is 3. The Morgan fingerprint density at radius 1 is 1.29 bits per heavy atom. The number of rotatable bonds is 5. The first kappa shape index (κ1) is 15.1. The quantitative estimate of drug-likeness (QED) is 0.877. The Kier molecular flexibility index (Phi) is 4.96. The zero-order valence-electron chi connectivity index (χ0n) is 11.9. The summed E-state index contributed by atoms with van der Waals surface area (Å²) in [5.74, 6) is 1.44. The van der Waals surface area contributed by atoms with Gasteiger partial charge in [0.2, 0.25) is 0 Å². The minimum absolute atomic E-state index is 0.514. The molecule has 2 N–H and O–H groups in total. The zero-order valence-corrected chi connectivity index (χ0v) is 12.7. The van der Waals surface area contributed by atoms with Crippen LogP contribution in [0.1, 0.15) is 24.5 Å². The molecule has 0 radical (unpaired) electrons. The summed E-state index contributed by atoms with van der Waals surface area (Å²) in [7, 11) is 0. The summed E-state index contributed by atoms with van der Waals surface area (Å²) in [5.41, 5.74) is 2.04. The van der Waals surface area contributed by atoms with Gasteiger partial charge in [0.25, 0.3) is 0 Å². The van der Waals surface area contributed by atoms with Crippen LogP contribution in [0.2, 0.25) is 5.02 Å². The molecule has 108 valence electrons. The average molecular weight is 302 g/mol. The average Bonchev–Trinajstić information content (AvgIpc) is 2.48. The van der Waals surface area contributed by atoms with Crippen molar-refractivity contribution in [3.63, 3.8) is 0 Å². The van der Waals surface area contributed by atoms with Crippen LogP contribution in [0.25, 0.3) is 0 Å². The Morgan fingerprint density at radius 3 is 2.76 bits per heavy atom. The Bertz CT molecular complexity index is 678. The minimum Gasteiger partial charge on any atom is -0.370 e.